The molecule has 0 spiro atoms. The number of rotatable bonds is 1. The zero-order valence-electron chi connectivity index (χ0n) is 10.6. The number of nitrogens with zero attached hydrogens (tertiary/aromatic N) is 2. The highest BCUT2D eigenvalue weighted by Gasteiger charge is 2.41. The first-order valence-electron chi connectivity index (χ1n) is 6.29. The molecule has 0 atom stereocenters. The Kier molecular flexibility index (Phi) is 2.56. The maximum absolute atomic E-state index is 4.90. The molecule has 0 unspecified atom stereocenters. The van der Waals surface area contributed by atoms with Gasteiger partial charge in [-0.2, -0.15) is 5.10 Å². The number of hydrazone groups is 1. The normalized spacial score (nSPS) is 28.5. The van der Waals surface area contributed by atoms with Crippen molar-refractivity contribution in [3.05, 3.63) is 0 Å². The molecule has 15 heavy (non-hydrogen) atoms. The highest BCUT2D eigenvalue weighted by Crippen LogP contribution is 2.39. The average Bonchev–Trinajstić information content (AvgIpc) is 1.97. The summed E-state index contributed by atoms with van der Waals surface area (Å²) in [6.07, 6.45) is 7.67. The number of hydrogen-bond acceptors (Lipinski definition) is 2. The molecule has 0 amide bonds. The van der Waals surface area contributed by atoms with Crippen LogP contribution in [0, 0.1) is 0 Å². The SMILES string of the molecule is CC1(C)CCCC(C)(C)N1N=C1CCC1. The molecular weight excluding hydrogens is 184 g/mol. The lowest BCUT2D eigenvalue weighted by Gasteiger charge is -2.51. The van der Waals surface area contributed by atoms with Gasteiger partial charge >= 0.3 is 0 Å². The molecule has 86 valence electrons. The monoisotopic (exact) mass is 208 g/mol. The highest BCUT2D eigenvalue weighted by atomic mass is 15.5. The highest BCUT2D eigenvalue weighted by molar-refractivity contribution is 5.89. The number of piperidine rings is 1. The minimum absolute atomic E-state index is 0.240. The zero-order valence-corrected chi connectivity index (χ0v) is 10.6. The molecule has 1 aliphatic heterocycles. The standard InChI is InChI=1S/C13H24N2/c1-12(2)9-6-10-13(3,4)15(12)14-11-7-5-8-11/h5-10H2,1-4H3. The predicted octanol–water partition coefficient (Wildman–Crippen LogP) is 3.57. The van der Waals surface area contributed by atoms with E-state index in [0.717, 1.165) is 0 Å². The van der Waals surface area contributed by atoms with Crippen LogP contribution in [-0.4, -0.2) is 21.8 Å². The molecule has 2 aliphatic rings. The van der Waals surface area contributed by atoms with Crippen molar-refractivity contribution in [1.29, 1.82) is 0 Å². The molecular formula is C13H24N2. The van der Waals surface area contributed by atoms with E-state index in [-0.39, 0.29) is 11.1 Å². The van der Waals surface area contributed by atoms with E-state index < -0.39 is 0 Å². The average molecular weight is 208 g/mol. The van der Waals surface area contributed by atoms with E-state index in [9.17, 15) is 0 Å². The summed E-state index contributed by atoms with van der Waals surface area (Å²) in [6.45, 7) is 9.32. The smallest absolute Gasteiger partial charge is 0.0529 e. The second kappa shape index (κ2) is 3.50. The van der Waals surface area contributed by atoms with Gasteiger partial charge in [-0.1, -0.05) is 0 Å². The molecule has 1 aliphatic carbocycles. The Balaban J connectivity index is 2.21. The van der Waals surface area contributed by atoms with Gasteiger partial charge in [0.2, 0.25) is 0 Å². The van der Waals surface area contributed by atoms with Gasteiger partial charge < -0.3 is 0 Å². The second-order valence-electron chi connectivity index (χ2n) is 6.31. The molecule has 0 N–H and O–H groups in total. The Morgan fingerprint density at radius 3 is 1.87 bits per heavy atom. The molecule has 2 fully saturated rings. The van der Waals surface area contributed by atoms with Gasteiger partial charge in [0, 0.05) is 5.71 Å². The fourth-order valence-electron chi connectivity index (χ4n) is 2.83. The Morgan fingerprint density at radius 1 is 0.933 bits per heavy atom. The Morgan fingerprint density at radius 2 is 1.47 bits per heavy atom. The van der Waals surface area contributed by atoms with Crippen molar-refractivity contribution < 1.29 is 0 Å². The molecule has 0 aromatic rings. The van der Waals surface area contributed by atoms with Crippen LogP contribution in [0.5, 0.6) is 0 Å². The van der Waals surface area contributed by atoms with Crippen LogP contribution in [0.4, 0.5) is 0 Å². The molecule has 2 nitrogen and oxygen atoms in total. The first-order chi connectivity index (χ1) is 6.92. The largest absolute Gasteiger partial charge is 0.286 e. The fourth-order valence-corrected chi connectivity index (χ4v) is 2.83. The van der Waals surface area contributed by atoms with Crippen LogP contribution in [-0.2, 0) is 0 Å². The van der Waals surface area contributed by atoms with Crippen LogP contribution in [0.2, 0.25) is 0 Å². The van der Waals surface area contributed by atoms with Crippen LogP contribution in [0.1, 0.15) is 66.2 Å². The topological polar surface area (TPSA) is 15.6 Å². The van der Waals surface area contributed by atoms with E-state index in [1.54, 1.807) is 0 Å². The van der Waals surface area contributed by atoms with Gasteiger partial charge in [-0.3, -0.25) is 5.01 Å². The zero-order chi connectivity index (χ0) is 11.1. The molecule has 0 aromatic heterocycles. The van der Waals surface area contributed by atoms with Crippen molar-refractivity contribution in [2.75, 3.05) is 0 Å². The Hall–Kier alpha value is -0.530. The molecule has 2 heteroatoms. The first kappa shape index (κ1) is 11.0. The summed E-state index contributed by atoms with van der Waals surface area (Å²) < 4.78 is 0. The third-order valence-electron chi connectivity index (χ3n) is 3.90. The summed E-state index contributed by atoms with van der Waals surface area (Å²) in [5.74, 6) is 0. The van der Waals surface area contributed by atoms with Gasteiger partial charge in [0.25, 0.3) is 0 Å². The Labute approximate surface area is 93.7 Å². The Bertz CT molecular complexity index is 254. The maximum Gasteiger partial charge on any atom is 0.0529 e. The summed E-state index contributed by atoms with van der Waals surface area (Å²) in [7, 11) is 0. The molecule has 0 radical (unpaired) electrons. The lowest BCUT2D eigenvalue weighted by Crippen LogP contribution is -2.56. The molecule has 0 bridgehead atoms. The van der Waals surface area contributed by atoms with Crippen molar-refractivity contribution in [3.8, 4) is 0 Å². The van der Waals surface area contributed by atoms with Crippen LogP contribution < -0.4 is 0 Å². The number of hydrogen-bond donors (Lipinski definition) is 0. The quantitative estimate of drug-likeness (QED) is 0.643. The van der Waals surface area contributed by atoms with Crippen molar-refractivity contribution in [3.63, 3.8) is 0 Å². The van der Waals surface area contributed by atoms with Crippen LogP contribution >= 0.6 is 0 Å². The van der Waals surface area contributed by atoms with Crippen molar-refractivity contribution in [1.82, 2.24) is 5.01 Å². The van der Waals surface area contributed by atoms with Gasteiger partial charge in [-0.25, -0.2) is 0 Å². The van der Waals surface area contributed by atoms with Crippen molar-refractivity contribution >= 4 is 5.71 Å². The second-order valence-corrected chi connectivity index (χ2v) is 6.31. The van der Waals surface area contributed by atoms with Crippen LogP contribution in [0.3, 0.4) is 0 Å². The van der Waals surface area contributed by atoms with Gasteiger partial charge in [0.15, 0.2) is 0 Å². The minimum atomic E-state index is 0.240. The lowest BCUT2D eigenvalue weighted by molar-refractivity contribution is -0.0254. The third-order valence-corrected chi connectivity index (χ3v) is 3.90. The van der Waals surface area contributed by atoms with E-state index in [1.807, 2.05) is 0 Å². The van der Waals surface area contributed by atoms with Gasteiger partial charge in [0.05, 0.1) is 11.1 Å². The van der Waals surface area contributed by atoms with E-state index in [1.165, 1.54) is 44.2 Å². The maximum atomic E-state index is 4.90. The summed E-state index contributed by atoms with van der Waals surface area (Å²) in [4.78, 5) is 0. The first-order valence-corrected chi connectivity index (χ1v) is 6.29. The van der Waals surface area contributed by atoms with Gasteiger partial charge in [-0.15, -0.1) is 0 Å². The summed E-state index contributed by atoms with van der Waals surface area (Å²) in [5, 5.41) is 7.28. The summed E-state index contributed by atoms with van der Waals surface area (Å²) >= 11 is 0. The van der Waals surface area contributed by atoms with Crippen LogP contribution in [0.15, 0.2) is 5.10 Å². The predicted molar refractivity (Wildman–Crippen MR) is 65.1 cm³/mol. The molecule has 2 rings (SSSR count). The van der Waals surface area contributed by atoms with E-state index >= 15 is 0 Å². The minimum Gasteiger partial charge on any atom is -0.286 e. The third kappa shape index (κ3) is 2.04. The molecule has 1 saturated carbocycles. The summed E-state index contributed by atoms with van der Waals surface area (Å²) in [5.41, 5.74) is 1.90. The van der Waals surface area contributed by atoms with E-state index in [0.29, 0.717) is 0 Å². The van der Waals surface area contributed by atoms with Crippen molar-refractivity contribution in [2.45, 2.75) is 77.3 Å². The van der Waals surface area contributed by atoms with Crippen LogP contribution in [0.25, 0.3) is 0 Å². The summed E-state index contributed by atoms with van der Waals surface area (Å²) in [6, 6.07) is 0. The lowest BCUT2D eigenvalue weighted by atomic mass is 9.81. The van der Waals surface area contributed by atoms with Gasteiger partial charge in [-0.05, 0) is 66.2 Å². The molecule has 1 heterocycles. The van der Waals surface area contributed by atoms with Gasteiger partial charge in [0.1, 0.15) is 0 Å². The molecule has 0 aromatic carbocycles. The van der Waals surface area contributed by atoms with E-state index in [4.69, 9.17) is 5.10 Å². The van der Waals surface area contributed by atoms with Crippen molar-refractivity contribution in [2.24, 2.45) is 5.10 Å². The molecule has 1 saturated heterocycles. The van der Waals surface area contributed by atoms with E-state index in [2.05, 4.69) is 32.7 Å². The fraction of sp³-hybridized carbons (Fsp3) is 0.923.